The van der Waals surface area contributed by atoms with E-state index in [-0.39, 0.29) is 13.0 Å². The van der Waals surface area contributed by atoms with E-state index in [0.717, 1.165) is 0 Å². The molecule has 0 bridgehead atoms. The summed E-state index contributed by atoms with van der Waals surface area (Å²) in [4.78, 5) is 0. The summed E-state index contributed by atoms with van der Waals surface area (Å²) in [5, 5.41) is 0. The van der Waals surface area contributed by atoms with E-state index in [1.165, 1.54) is 14.2 Å². The summed E-state index contributed by atoms with van der Waals surface area (Å²) in [6.07, 6.45) is -4.10. The molecule has 1 unspecified atom stereocenters. The zero-order valence-corrected chi connectivity index (χ0v) is 13.3. The Kier molecular flexibility index (Phi) is 6.76. The molecule has 0 aliphatic rings. The number of benzene rings is 1. The molecule has 21 heavy (non-hydrogen) atoms. The molecule has 0 heterocycles. The maximum Gasteiger partial charge on any atom is 0.411 e. The van der Waals surface area contributed by atoms with Gasteiger partial charge in [0.05, 0.1) is 18.7 Å². The zero-order valence-electron chi connectivity index (χ0n) is 11.7. The first kappa shape index (κ1) is 18.1. The van der Waals surface area contributed by atoms with Gasteiger partial charge in [0.2, 0.25) is 0 Å². The highest BCUT2D eigenvalue weighted by atomic mass is 79.9. The number of halogens is 4. The molecule has 0 saturated carbocycles. The minimum Gasteiger partial charge on any atom is -0.496 e. The maximum absolute atomic E-state index is 12.0. The van der Waals surface area contributed by atoms with Crippen molar-refractivity contribution in [1.29, 1.82) is 0 Å². The molecule has 4 nitrogen and oxygen atoms in total. The van der Waals surface area contributed by atoms with Crippen LogP contribution in [-0.2, 0) is 4.74 Å². The summed E-state index contributed by atoms with van der Waals surface area (Å²) < 4.78 is 51.5. The van der Waals surface area contributed by atoms with E-state index in [9.17, 15) is 13.2 Å². The van der Waals surface area contributed by atoms with Crippen LogP contribution in [0.3, 0.4) is 0 Å². The van der Waals surface area contributed by atoms with E-state index in [1.54, 1.807) is 12.1 Å². The molecule has 1 rings (SSSR count). The van der Waals surface area contributed by atoms with Crippen LogP contribution in [0.4, 0.5) is 13.2 Å². The van der Waals surface area contributed by atoms with Crippen LogP contribution in [-0.4, -0.2) is 33.6 Å². The van der Waals surface area contributed by atoms with Gasteiger partial charge in [-0.3, -0.25) is 0 Å². The van der Waals surface area contributed by atoms with Gasteiger partial charge < -0.3 is 19.9 Å². The van der Waals surface area contributed by atoms with Crippen LogP contribution in [0.1, 0.15) is 18.0 Å². The zero-order chi connectivity index (χ0) is 16.0. The first-order valence-electron chi connectivity index (χ1n) is 6.10. The van der Waals surface area contributed by atoms with E-state index < -0.39 is 18.8 Å². The molecule has 1 aromatic rings. The molecule has 8 heteroatoms. The number of methoxy groups -OCH3 is 2. The second kappa shape index (κ2) is 7.86. The molecule has 120 valence electrons. The largest absolute Gasteiger partial charge is 0.496 e. The normalized spacial score (nSPS) is 13.1. The first-order chi connectivity index (χ1) is 9.78. The standard InChI is InChI=1S/C13H17BrF3NO3/c1-19-11-6-9(14)12(20-2)5-8(11)10(18)3-4-21-7-13(15,16)17/h5-6,10H,3-4,7,18H2,1-2H3. The third-order valence-electron chi connectivity index (χ3n) is 2.74. The van der Waals surface area contributed by atoms with Crippen molar-refractivity contribution in [3.05, 3.63) is 22.2 Å². The average molecular weight is 372 g/mol. The van der Waals surface area contributed by atoms with Crippen LogP contribution in [0.15, 0.2) is 16.6 Å². The Morgan fingerprint density at radius 1 is 1.19 bits per heavy atom. The van der Waals surface area contributed by atoms with Crippen molar-refractivity contribution in [2.75, 3.05) is 27.4 Å². The Balaban J connectivity index is 2.70. The van der Waals surface area contributed by atoms with Crippen molar-refractivity contribution in [1.82, 2.24) is 0 Å². The Labute approximate surface area is 129 Å². The molecule has 0 spiro atoms. The minimum atomic E-state index is -4.33. The summed E-state index contributed by atoms with van der Waals surface area (Å²) in [5.74, 6) is 1.10. The Bertz CT molecular complexity index is 469. The fourth-order valence-corrected chi connectivity index (χ4v) is 2.21. The predicted molar refractivity (Wildman–Crippen MR) is 75.7 cm³/mol. The van der Waals surface area contributed by atoms with Gasteiger partial charge in [-0.15, -0.1) is 0 Å². The lowest BCUT2D eigenvalue weighted by Crippen LogP contribution is -2.20. The number of hydrogen-bond donors (Lipinski definition) is 1. The third-order valence-corrected chi connectivity index (χ3v) is 3.36. The van der Waals surface area contributed by atoms with Gasteiger partial charge in [-0.05, 0) is 34.5 Å². The van der Waals surface area contributed by atoms with Gasteiger partial charge in [-0.2, -0.15) is 13.2 Å². The van der Waals surface area contributed by atoms with Crippen molar-refractivity contribution < 1.29 is 27.4 Å². The van der Waals surface area contributed by atoms with Gasteiger partial charge >= 0.3 is 6.18 Å². The van der Waals surface area contributed by atoms with Gasteiger partial charge in [0.25, 0.3) is 0 Å². The second-order valence-corrected chi connectivity index (χ2v) is 5.15. The monoisotopic (exact) mass is 371 g/mol. The lowest BCUT2D eigenvalue weighted by molar-refractivity contribution is -0.174. The summed E-state index contributed by atoms with van der Waals surface area (Å²) in [6.45, 7) is -1.37. The summed E-state index contributed by atoms with van der Waals surface area (Å²) in [5.41, 5.74) is 6.63. The van der Waals surface area contributed by atoms with E-state index in [0.29, 0.717) is 21.5 Å². The van der Waals surface area contributed by atoms with E-state index in [4.69, 9.17) is 15.2 Å². The Hall–Kier alpha value is -0.990. The first-order valence-corrected chi connectivity index (χ1v) is 6.89. The molecule has 2 N–H and O–H groups in total. The number of alkyl halides is 3. The van der Waals surface area contributed by atoms with Crippen molar-refractivity contribution in [3.8, 4) is 11.5 Å². The molecule has 0 amide bonds. The molecule has 0 saturated heterocycles. The Morgan fingerprint density at radius 2 is 1.81 bits per heavy atom. The number of rotatable bonds is 7. The number of hydrogen-bond acceptors (Lipinski definition) is 4. The maximum atomic E-state index is 12.0. The molecule has 1 atom stereocenters. The summed E-state index contributed by atoms with van der Waals surface area (Å²) in [6, 6.07) is 2.87. The summed E-state index contributed by atoms with van der Waals surface area (Å²) in [7, 11) is 3.00. The van der Waals surface area contributed by atoms with Crippen molar-refractivity contribution in [2.24, 2.45) is 5.73 Å². The smallest absolute Gasteiger partial charge is 0.411 e. The van der Waals surface area contributed by atoms with Crippen LogP contribution in [0, 0.1) is 0 Å². The molecule has 0 aromatic heterocycles. The van der Waals surface area contributed by atoms with Crippen LogP contribution in [0.25, 0.3) is 0 Å². The number of nitrogens with two attached hydrogens (primary N) is 1. The molecule has 0 aliphatic heterocycles. The van der Waals surface area contributed by atoms with Crippen LogP contribution in [0.2, 0.25) is 0 Å². The van der Waals surface area contributed by atoms with Crippen LogP contribution >= 0.6 is 15.9 Å². The van der Waals surface area contributed by atoms with Crippen LogP contribution < -0.4 is 15.2 Å². The van der Waals surface area contributed by atoms with Gasteiger partial charge in [0.15, 0.2) is 0 Å². The van der Waals surface area contributed by atoms with Gasteiger partial charge in [0, 0.05) is 18.2 Å². The highest BCUT2D eigenvalue weighted by Crippen LogP contribution is 2.36. The van der Waals surface area contributed by atoms with E-state index >= 15 is 0 Å². The lowest BCUT2D eigenvalue weighted by atomic mass is 10.0. The third kappa shape index (κ3) is 5.72. The molecular formula is C13H17BrF3NO3. The van der Waals surface area contributed by atoms with E-state index in [1.807, 2.05) is 0 Å². The summed E-state index contributed by atoms with van der Waals surface area (Å²) >= 11 is 3.32. The molecular weight excluding hydrogens is 355 g/mol. The minimum absolute atomic E-state index is 0.0950. The highest BCUT2D eigenvalue weighted by Gasteiger charge is 2.27. The molecule has 0 aliphatic carbocycles. The van der Waals surface area contributed by atoms with Gasteiger partial charge in [-0.1, -0.05) is 0 Å². The van der Waals surface area contributed by atoms with Crippen molar-refractivity contribution in [2.45, 2.75) is 18.6 Å². The van der Waals surface area contributed by atoms with E-state index in [2.05, 4.69) is 20.7 Å². The molecule has 0 radical (unpaired) electrons. The SMILES string of the molecule is COc1cc(C(N)CCOCC(F)(F)F)c(OC)cc1Br. The van der Waals surface area contributed by atoms with Gasteiger partial charge in [0.1, 0.15) is 18.1 Å². The molecule has 1 aromatic carbocycles. The predicted octanol–water partition coefficient (Wildman–Crippen LogP) is 3.44. The second-order valence-electron chi connectivity index (χ2n) is 4.29. The van der Waals surface area contributed by atoms with Gasteiger partial charge in [-0.25, -0.2) is 0 Å². The fourth-order valence-electron chi connectivity index (χ4n) is 1.73. The lowest BCUT2D eigenvalue weighted by Gasteiger charge is -2.18. The average Bonchev–Trinajstić information content (AvgIpc) is 2.41. The highest BCUT2D eigenvalue weighted by molar-refractivity contribution is 9.10. The molecule has 0 fully saturated rings. The van der Waals surface area contributed by atoms with Crippen LogP contribution in [0.5, 0.6) is 11.5 Å². The topological polar surface area (TPSA) is 53.7 Å². The van der Waals surface area contributed by atoms with Crippen molar-refractivity contribution >= 4 is 15.9 Å². The van der Waals surface area contributed by atoms with Crippen molar-refractivity contribution in [3.63, 3.8) is 0 Å². The number of ether oxygens (including phenoxy) is 3. The Morgan fingerprint density at radius 3 is 2.33 bits per heavy atom. The fraction of sp³-hybridized carbons (Fsp3) is 0.538. The quantitative estimate of drug-likeness (QED) is 0.746.